The van der Waals surface area contributed by atoms with Crippen molar-refractivity contribution in [2.24, 2.45) is 5.10 Å². The summed E-state index contributed by atoms with van der Waals surface area (Å²) < 4.78 is 0. The average molecular weight is 430 g/mol. The Kier molecular flexibility index (Phi) is 5.70. The predicted molar refractivity (Wildman–Crippen MR) is 112 cm³/mol. The SMILES string of the molecule is N#Cc1c(NC(=O)CSc2n[nH]c(N/N=C/c3cccs3)n2)sc2c1CCC2. The van der Waals surface area contributed by atoms with E-state index in [4.69, 9.17) is 0 Å². The highest BCUT2D eigenvalue weighted by Gasteiger charge is 2.23. The zero-order chi connectivity index (χ0) is 19.3. The fraction of sp³-hybridized carbons (Fsp3) is 0.235. The highest BCUT2D eigenvalue weighted by atomic mass is 32.2. The number of nitriles is 1. The van der Waals surface area contributed by atoms with Gasteiger partial charge in [-0.3, -0.25) is 4.79 Å². The van der Waals surface area contributed by atoms with Crippen molar-refractivity contribution in [2.45, 2.75) is 24.4 Å². The molecule has 0 fully saturated rings. The number of thioether (sulfide) groups is 1. The second kappa shape index (κ2) is 8.55. The van der Waals surface area contributed by atoms with E-state index in [-0.39, 0.29) is 11.7 Å². The van der Waals surface area contributed by atoms with E-state index < -0.39 is 0 Å². The van der Waals surface area contributed by atoms with Gasteiger partial charge in [0.05, 0.1) is 17.5 Å². The third-order valence-electron chi connectivity index (χ3n) is 3.99. The van der Waals surface area contributed by atoms with E-state index in [9.17, 15) is 10.1 Å². The van der Waals surface area contributed by atoms with Crippen LogP contribution in [0.1, 0.15) is 27.3 Å². The number of carbonyl (C=O) groups is 1. The minimum Gasteiger partial charge on any atom is -0.316 e. The molecule has 142 valence electrons. The van der Waals surface area contributed by atoms with Crippen molar-refractivity contribution in [1.82, 2.24) is 15.2 Å². The summed E-state index contributed by atoms with van der Waals surface area (Å²) in [4.78, 5) is 18.7. The lowest BCUT2D eigenvalue weighted by Crippen LogP contribution is -2.14. The van der Waals surface area contributed by atoms with E-state index in [1.54, 1.807) is 17.6 Å². The number of aromatic amines is 1. The molecule has 3 heterocycles. The van der Waals surface area contributed by atoms with Crippen molar-refractivity contribution >= 4 is 57.5 Å². The van der Waals surface area contributed by atoms with Gasteiger partial charge in [0.1, 0.15) is 11.1 Å². The van der Waals surface area contributed by atoms with Gasteiger partial charge in [-0.05, 0) is 36.3 Å². The largest absolute Gasteiger partial charge is 0.316 e. The average Bonchev–Trinajstić information content (AvgIpc) is 3.45. The molecular weight excluding hydrogens is 414 g/mol. The van der Waals surface area contributed by atoms with Crippen LogP contribution in [0, 0.1) is 11.3 Å². The van der Waals surface area contributed by atoms with E-state index in [0.29, 0.717) is 21.7 Å². The maximum Gasteiger partial charge on any atom is 0.240 e. The summed E-state index contributed by atoms with van der Waals surface area (Å²) in [6.07, 6.45) is 4.68. The molecule has 1 aliphatic carbocycles. The van der Waals surface area contributed by atoms with Crippen LogP contribution >= 0.6 is 34.4 Å². The molecule has 0 radical (unpaired) electrons. The van der Waals surface area contributed by atoms with Crippen LogP contribution < -0.4 is 10.7 Å². The maximum absolute atomic E-state index is 12.3. The Labute approximate surface area is 173 Å². The number of amides is 1. The van der Waals surface area contributed by atoms with Crippen LogP contribution in [0.15, 0.2) is 27.8 Å². The van der Waals surface area contributed by atoms with Crippen LogP contribution in [0.3, 0.4) is 0 Å². The molecule has 1 aliphatic rings. The molecule has 0 atom stereocenters. The van der Waals surface area contributed by atoms with Crippen molar-refractivity contribution in [3.05, 3.63) is 38.4 Å². The number of aromatic nitrogens is 3. The van der Waals surface area contributed by atoms with Gasteiger partial charge < -0.3 is 5.32 Å². The molecule has 0 spiro atoms. The molecule has 1 amide bonds. The quantitative estimate of drug-likeness (QED) is 0.301. The summed E-state index contributed by atoms with van der Waals surface area (Å²) >= 11 is 4.30. The number of thiophene rings is 2. The summed E-state index contributed by atoms with van der Waals surface area (Å²) in [7, 11) is 0. The Bertz CT molecular complexity index is 1050. The van der Waals surface area contributed by atoms with Crippen LogP contribution in [-0.2, 0) is 17.6 Å². The molecule has 3 aromatic heterocycles. The number of carbonyl (C=O) groups excluding carboxylic acids is 1. The number of hydrogen-bond acceptors (Lipinski definition) is 9. The number of rotatable bonds is 7. The number of aryl methyl sites for hydroxylation is 1. The van der Waals surface area contributed by atoms with Gasteiger partial charge >= 0.3 is 0 Å². The zero-order valence-corrected chi connectivity index (χ0v) is 17.0. The first-order valence-corrected chi connectivity index (χ1v) is 11.1. The number of H-pyrrole nitrogens is 1. The van der Waals surface area contributed by atoms with Gasteiger partial charge in [0.2, 0.25) is 17.0 Å². The molecule has 8 nitrogen and oxygen atoms in total. The van der Waals surface area contributed by atoms with E-state index in [1.165, 1.54) is 28.0 Å². The highest BCUT2D eigenvalue weighted by molar-refractivity contribution is 7.99. The molecule has 4 rings (SSSR count). The van der Waals surface area contributed by atoms with Crippen LogP contribution in [0.25, 0.3) is 0 Å². The normalized spacial score (nSPS) is 12.8. The van der Waals surface area contributed by atoms with E-state index in [1.807, 2.05) is 17.5 Å². The van der Waals surface area contributed by atoms with Crippen LogP contribution in [0.5, 0.6) is 0 Å². The van der Waals surface area contributed by atoms with Gasteiger partial charge in [-0.15, -0.1) is 27.8 Å². The standard InChI is InChI=1S/C17H15N7OS3/c18-7-12-11-4-1-5-13(11)28-15(12)20-14(25)9-27-17-21-16(23-24-17)22-19-8-10-3-2-6-26-10/h2-3,6,8H,1,4-5,9H2,(H,20,25)(H2,21,22,23,24)/b19-8+. The molecule has 0 bridgehead atoms. The smallest absolute Gasteiger partial charge is 0.240 e. The zero-order valence-electron chi connectivity index (χ0n) is 14.6. The maximum atomic E-state index is 12.3. The van der Waals surface area contributed by atoms with Crippen molar-refractivity contribution in [3.8, 4) is 6.07 Å². The second-order valence-electron chi connectivity index (χ2n) is 5.86. The molecule has 0 aromatic carbocycles. The number of fused-ring (bicyclic) bond motifs is 1. The lowest BCUT2D eigenvalue weighted by molar-refractivity contribution is -0.113. The molecule has 28 heavy (non-hydrogen) atoms. The Morgan fingerprint density at radius 2 is 2.43 bits per heavy atom. The fourth-order valence-corrected chi connectivity index (χ4v) is 5.23. The van der Waals surface area contributed by atoms with Crippen molar-refractivity contribution < 1.29 is 4.79 Å². The van der Waals surface area contributed by atoms with Gasteiger partial charge in [0.25, 0.3) is 0 Å². The summed E-state index contributed by atoms with van der Waals surface area (Å²) in [5.41, 5.74) is 4.48. The minimum atomic E-state index is -0.184. The number of anilines is 2. The minimum absolute atomic E-state index is 0.156. The Hall–Kier alpha value is -2.68. The highest BCUT2D eigenvalue weighted by Crippen LogP contribution is 2.38. The third kappa shape index (κ3) is 4.24. The molecule has 3 N–H and O–H groups in total. The van der Waals surface area contributed by atoms with E-state index in [0.717, 1.165) is 29.7 Å². The summed E-state index contributed by atoms with van der Waals surface area (Å²) in [5, 5.41) is 26.2. The Morgan fingerprint density at radius 3 is 3.25 bits per heavy atom. The molecule has 11 heteroatoms. The third-order valence-corrected chi connectivity index (χ3v) is 6.85. The lowest BCUT2D eigenvalue weighted by atomic mass is 10.1. The lowest BCUT2D eigenvalue weighted by Gasteiger charge is -2.02. The first-order chi connectivity index (χ1) is 13.7. The van der Waals surface area contributed by atoms with Gasteiger partial charge in [-0.1, -0.05) is 17.8 Å². The molecule has 0 unspecified atom stereocenters. The second-order valence-corrected chi connectivity index (χ2v) is 8.89. The Balaban J connectivity index is 1.29. The number of nitrogens with one attached hydrogen (secondary N) is 3. The van der Waals surface area contributed by atoms with Crippen LogP contribution in [0.4, 0.5) is 10.9 Å². The summed E-state index contributed by atoms with van der Waals surface area (Å²) in [6.45, 7) is 0. The number of hydrazone groups is 1. The molecule has 0 saturated heterocycles. The van der Waals surface area contributed by atoms with Gasteiger partial charge in [0, 0.05) is 9.75 Å². The summed E-state index contributed by atoms with van der Waals surface area (Å²) in [6, 6.07) is 6.13. The van der Waals surface area contributed by atoms with Crippen molar-refractivity contribution in [1.29, 1.82) is 5.26 Å². The topological polar surface area (TPSA) is 119 Å². The van der Waals surface area contributed by atoms with Gasteiger partial charge in [0.15, 0.2) is 0 Å². The number of hydrogen-bond donors (Lipinski definition) is 3. The van der Waals surface area contributed by atoms with Crippen molar-refractivity contribution in [3.63, 3.8) is 0 Å². The van der Waals surface area contributed by atoms with Gasteiger partial charge in [-0.25, -0.2) is 10.5 Å². The molecule has 0 saturated carbocycles. The Morgan fingerprint density at radius 1 is 1.50 bits per heavy atom. The van der Waals surface area contributed by atoms with Crippen LogP contribution in [0.2, 0.25) is 0 Å². The van der Waals surface area contributed by atoms with Crippen molar-refractivity contribution in [2.75, 3.05) is 16.5 Å². The van der Waals surface area contributed by atoms with Crippen LogP contribution in [-0.4, -0.2) is 33.1 Å². The molecular formula is C17H15N7OS3. The fourth-order valence-electron chi connectivity index (χ4n) is 2.79. The monoisotopic (exact) mass is 429 g/mol. The van der Waals surface area contributed by atoms with Gasteiger partial charge in [-0.2, -0.15) is 15.3 Å². The molecule has 3 aromatic rings. The first-order valence-electron chi connectivity index (χ1n) is 8.45. The molecule has 0 aliphatic heterocycles. The van der Waals surface area contributed by atoms with E-state index in [2.05, 4.69) is 37.1 Å². The first kappa shape index (κ1) is 18.7. The number of nitrogens with zero attached hydrogens (tertiary/aromatic N) is 4. The predicted octanol–water partition coefficient (Wildman–Crippen LogP) is 3.46. The van der Waals surface area contributed by atoms with E-state index >= 15 is 0 Å². The summed E-state index contributed by atoms with van der Waals surface area (Å²) in [5.74, 6) is 0.372.